The number of rotatable bonds is 3. The molecule has 30 heavy (non-hydrogen) atoms. The van der Waals surface area contributed by atoms with E-state index in [-0.39, 0.29) is 5.91 Å². The SMILES string of the molecule is CCc1nc2ccccc2c(C(=O)N2CCn3c(nnc3-c3ccccc3)C2)c1C. The monoisotopic (exact) mass is 397 g/mol. The number of carbonyl (C=O) groups excluding carboxylic acids is 1. The highest BCUT2D eigenvalue weighted by molar-refractivity contribution is 6.07. The number of nitrogens with zero attached hydrogens (tertiary/aromatic N) is 5. The number of carbonyl (C=O) groups is 1. The third kappa shape index (κ3) is 2.96. The van der Waals surface area contributed by atoms with Crippen LogP contribution in [-0.2, 0) is 19.5 Å². The smallest absolute Gasteiger partial charge is 0.255 e. The average molecular weight is 397 g/mol. The Labute approximate surface area is 175 Å². The summed E-state index contributed by atoms with van der Waals surface area (Å²) in [6, 6.07) is 17.9. The maximum absolute atomic E-state index is 13.6. The summed E-state index contributed by atoms with van der Waals surface area (Å²) in [5, 5.41) is 9.69. The zero-order valence-corrected chi connectivity index (χ0v) is 17.2. The van der Waals surface area contributed by atoms with Crippen molar-refractivity contribution >= 4 is 16.8 Å². The van der Waals surface area contributed by atoms with Crippen molar-refractivity contribution in [2.24, 2.45) is 0 Å². The molecule has 0 bridgehead atoms. The van der Waals surface area contributed by atoms with Crippen molar-refractivity contribution < 1.29 is 4.79 Å². The van der Waals surface area contributed by atoms with Gasteiger partial charge in [0.25, 0.3) is 5.91 Å². The lowest BCUT2D eigenvalue weighted by atomic mass is 9.99. The number of hydrogen-bond donors (Lipinski definition) is 0. The van der Waals surface area contributed by atoms with E-state index in [4.69, 9.17) is 4.98 Å². The molecule has 0 fully saturated rings. The van der Waals surface area contributed by atoms with Crippen molar-refractivity contribution in [3.05, 3.63) is 77.2 Å². The number of hydrogen-bond acceptors (Lipinski definition) is 4. The van der Waals surface area contributed by atoms with Crippen LogP contribution < -0.4 is 0 Å². The lowest BCUT2D eigenvalue weighted by molar-refractivity contribution is 0.0709. The molecule has 0 radical (unpaired) electrons. The summed E-state index contributed by atoms with van der Waals surface area (Å²) in [6.45, 7) is 5.84. The third-order valence-corrected chi connectivity index (χ3v) is 5.86. The normalized spacial score (nSPS) is 13.5. The van der Waals surface area contributed by atoms with Crippen LogP contribution in [0.4, 0.5) is 0 Å². The first-order valence-electron chi connectivity index (χ1n) is 10.3. The standard InChI is InChI=1S/C24H23N5O/c1-3-19-16(2)22(18-11-7-8-12-20(18)25-19)24(30)28-13-14-29-21(15-28)26-27-23(29)17-9-5-4-6-10-17/h4-12H,3,13-15H2,1-2H3. The van der Waals surface area contributed by atoms with E-state index in [0.717, 1.165) is 51.4 Å². The average Bonchev–Trinajstić information content (AvgIpc) is 3.22. The third-order valence-electron chi connectivity index (χ3n) is 5.86. The maximum atomic E-state index is 13.6. The summed E-state index contributed by atoms with van der Waals surface area (Å²) in [4.78, 5) is 20.3. The highest BCUT2D eigenvalue weighted by atomic mass is 16.2. The van der Waals surface area contributed by atoms with Crippen LogP contribution in [0, 0.1) is 6.92 Å². The van der Waals surface area contributed by atoms with Gasteiger partial charge in [-0.05, 0) is 25.0 Å². The highest BCUT2D eigenvalue weighted by Gasteiger charge is 2.28. The Hall–Kier alpha value is -3.54. The number of amides is 1. The fourth-order valence-electron chi connectivity index (χ4n) is 4.27. The molecule has 0 saturated heterocycles. The summed E-state index contributed by atoms with van der Waals surface area (Å²) in [5.41, 5.74) is 4.62. The minimum absolute atomic E-state index is 0.0383. The van der Waals surface area contributed by atoms with Crippen LogP contribution >= 0.6 is 0 Å². The lowest BCUT2D eigenvalue weighted by Crippen LogP contribution is -2.39. The molecule has 0 atom stereocenters. The van der Waals surface area contributed by atoms with Crippen molar-refractivity contribution in [1.82, 2.24) is 24.6 Å². The number of aryl methyl sites for hydroxylation is 1. The zero-order valence-electron chi connectivity index (χ0n) is 17.2. The fraction of sp³-hybridized carbons (Fsp3) is 0.250. The van der Waals surface area contributed by atoms with Crippen LogP contribution in [0.25, 0.3) is 22.3 Å². The second-order valence-electron chi connectivity index (χ2n) is 7.61. The molecule has 1 amide bonds. The minimum atomic E-state index is 0.0383. The Balaban J connectivity index is 1.51. The van der Waals surface area contributed by atoms with Crippen LogP contribution in [0.1, 0.15) is 34.4 Å². The van der Waals surface area contributed by atoms with Crippen LogP contribution in [0.5, 0.6) is 0 Å². The van der Waals surface area contributed by atoms with E-state index in [9.17, 15) is 4.79 Å². The van der Waals surface area contributed by atoms with Crippen molar-refractivity contribution in [1.29, 1.82) is 0 Å². The number of fused-ring (bicyclic) bond motifs is 2. The summed E-state index contributed by atoms with van der Waals surface area (Å²) in [6.07, 6.45) is 0.797. The molecule has 2 aromatic carbocycles. The molecule has 0 N–H and O–H groups in total. The van der Waals surface area contributed by atoms with E-state index < -0.39 is 0 Å². The predicted octanol–water partition coefficient (Wildman–Crippen LogP) is 4.02. The first-order chi connectivity index (χ1) is 14.7. The van der Waals surface area contributed by atoms with E-state index in [1.54, 1.807) is 0 Å². The molecule has 1 aliphatic rings. The summed E-state index contributed by atoms with van der Waals surface area (Å²) >= 11 is 0. The van der Waals surface area contributed by atoms with E-state index in [0.29, 0.717) is 19.6 Å². The molecule has 2 aromatic heterocycles. The quantitative estimate of drug-likeness (QED) is 0.524. The van der Waals surface area contributed by atoms with Gasteiger partial charge in [-0.3, -0.25) is 9.78 Å². The first kappa shape index (κ1) is 18.5. The minimum Gasteiger partial charge on any atom is -0.329 e. The highest BCUT2D eigenvalue weighted by Crippen LogP contribution is 2.27. The van der Waals surface area contributed by atoms with Gasteiger partial charge in [-0.15, -0.1) is 10.2 Å². The van der Waals surface area contributed by atoms with Gasteiger partial charge in [0.2, 0.25) is 0 Å². The van der Waals surface area contributed by atoms with E-state index >= 15 is 0 Å². The number of benzene rings is 2. The van der Waals surface area contributed by atoms with Gasteiger partial charge in [-0.2, -0.15) is 0 Å². The Bertz CT molecular complexity index is 1250. The second kappa shape index (κ2) is 7.37. The summed E-state index contributed by atoms with van der Waals surface area (Å²) in [7, 11) is 0. The molecular weight excluding hydrogens is 374 g/mol. The van der Waals surface area contributed by atoms with E-state index in [2.05, 4.69) is 21.7 Å². The fourth-order valence-corrected chi connectivity index (χ4v) is 4.27. The van der Waals surface area contributed by atoms with Gasteiger partial charge < -0.3 is 9.47 Å². The van der Waals surface area contributed by atoms with Gasteiger partial charge in [-0.25, -0.2) is 0 Å². The predicted molar refractivity (Wildman–Crippen MR) is 116 cm³/mol. The number of aromatic nitrogens is 4. The molecule has 6 heteroatoms. The molecule has 0 spiro atoms. The van der Waals surface area contributed by atoms with Crippen molar-refractivity contribution in [3.8, 4) is 11.4 Å². The number of pyridine rings is 1. The van der Waals surface area contributed by atoms with E-state index in [1.807, 2.05) is 66.4 Å². The van der Waals surface area contributed by atoms with Crippen LogP contribution in [0.3, 0.4) is 0 Å². The van der Waals surface area contributed by atoms with Gasteiger partial charge in [0, 0.05) is 29.7 Å². The Kier molecular flexibility index (Phi) is 4.54. The van der Waals surface area contributed by atoms with Gasteiger partial charge in [-0.1, -0.05) is 55.5 Å². The molecule has 0 saturated carbocycles. The Morgan fingerprint density at radius 3 is 2.57 bits per heavy atom. The first-order valence-corrected chi connectivity index (χ1v) is 10.3. The van der Waals surface area contributed by atoms with Crippen LogP contribution in [-0.4, -0.2) is 37.1 Å². The molecule has 5 rings (SSSR count). The topological polar surface area (TPSA) is 63.9 Å². The maximum Gasteiger partial charge on any atom is 0.255 e. The summed E-state index contributed by atoms with van der Waals surface area (Å²) in [5.74, 6) is 1.72. The van der Waals surface area contributed by atoms with E-state index in [1.165, 1.54) is 0 Å². The van der Waals surface area contributed by atoms with Crippen molar-refractivity contribution in [3.63, 3.8) is 0 Å². The Morgan fingerprint density at radius 1 is 1.00 bits per heavy atom. The molecular formula is C24H23N5O. The van der Waals surface area contributed by atoms with Gasteiger partial charge in [0.05, 0.1) is 17.6 Å². The largest absolute Gasteiger partial charge is 0.329 e. The van der Waals surface area contributed by atoms with Crippen LogP contribution in [0.15, 0.2) is 54.6 Å². The summed E-state index contributed by atoms with van der Waals surface area (Å²) < 4.78 is 2.12. The van der Waals surface area contributed by atoms with Gasteiger partial charge in [0.1, 0.15) is 0 Å². The van der Waals surface area contributed by atoms with Crippen LogP contribution in [0.2, 0.25) is 0 Å². The molecule has 6 nitrogen and oxygen atoms in total. The molecule has 1 aliphatic heterocycles. The molecule has 0 aliphatic carbocycles. The molecule has 4 aromatic rings. The van der Waals surface area contributed by atoms with Gasteiger partial charge >= 0.3 is 0 Å². The molecule has 150 valence electrons. The number of para-hydroxylation sites is 1. The molecule has 0 unspecified atom stereocenters. The zero-order chi connectivity index (χ0) is 20.7. The van der Waals surface area contributed by atoms with Crippen molar-refractivity contribution in [2.45, 2.75) is 33.4 Å². The Morgan fingerprint density at radius 2 is 1.77 bits per heavy atom. The van der Waals surface area contributed by atoms with Crippen molar-refractivity contribution in [2.75, 3.05) is 6.54 Å². The van der Waals surface area contributed by atoms with Gasteiger partial charge in [0.15, 0.2) is 11.6 Å². The lowest BCUT2D eigenvalue weighted by Gasteiger charge is -2.29. The molecule has 3 heterocycles. The second-order valence-corrected chi connectivity index (χ2v) is 7.61.